The van der Waals surface area contributed by atoms with E-state index in [4.69, 9.17) is 5.73 Å². The van der Waals surface area contributed by atoms with Crippen LogP contribution in [0.25, 0.3) is 0 Å². The van der Waals surface area contributed by atoms with Crippen molar-refractivity contribution >= 4 is 21.6 Å². The standard InChI is InChI=1S/C13H19BrN2/c1-9(10-6-7-10)16(2)8-11-12(14)4-3-5-13(11)15/h3-5,9-10H,6-8,15H2,1-2H3. The quantitative estimate of drug-likeness (QED) is 0.859. The maximum atomic E-state index is 6.00. The first-order chi connectivity index (χ1) is 7.59. The van der Waals surface area contributed by atoms with Gasteiger partial charge in [0.25, 0.3) is 0 Å². The molecule has 2 rings (SSSR count). The van der Waals surface area contributed by atoms with Crippen molar-refractivity contribution in [3.8, 4) is 0 Å². The highest BCUT2D eigenvalue weighted by Gasteiger charge is 2.30. The monoisotopic (exact) mass is 282 g/mol. The molecule has 1 aromatic rings. The van der Waals surface area contributed by atoms with E-state index >= 15 is 0 Å². The Kier molecular flexibility index (Phi) is 3.55. The maximum absolute atomic E-state index is 6.00. The summed E-state index contributed by atoms with van der Waals surface area (Å²) in [6, 6.07) is 6.66. The number of nitrogens with zero attached hydrogens (tertiary/aromatic N) is 1. The summed E-state index contributed by atoms with van der Waals surface area (Å²) >= 11 is 3.57. The van der Waals surface area contributed by atoms with E-state index in [2.05, 4.69) is 40.9 Å². The Morgan fingerprint density at radius 1 is 1.50 bits per heavy atom. The van der Waals surface area contributed by atoms with Crippen molar-refractivity contribution in [1.82, 2.24) is 4.90 Å². The third-order valence-electron chi connectivity index (χ3n) is 3.56. The molecule has 0 heterocycles. The molecule has 16 heavy (non-hydrogen) atoms. The first-order valence-corrected chi connectivity index (χ1v) is 6.62. The van der Waals surface area contributed by atoms with Gasteiger partial charge in [0.15, 0.2) is 0 Å². The molecule has 0 saturated heterocycles. The molecular weight excluding hydrogens is 264 g/mol. The summed E-state index contributed by atoms with van der Waals surface area (Å²) in [5, 5.41) is 0. The smallest absolute Gasteiger partial charge is 0.0371 e. The second-order valence-corrected chi connectivity index (χ2v) is 5.66. The average molecular weight is 283 g/mol. The Labute approximate surface area is 106 Å². The summed E-state index contributed by atoms with van der Waals surface area (Å²) in [6.07, 6.45) is 2.77. The average Bonchev–Trinajstić information content (AvgIpc) is 3.06. The summed E-state index contributed by atoms with van der Waals surface area (Å²) < 4.78 is 1.11. The second-order valence-electron chi connectivity index (χ2n) is 4.80. The van der Waals surface area contributed by atoms with Gasteiger partial charge in [0, 0.05) is 28.3 Å². The van der Waals surface area contributed by atoms with E-state index in [-0.39, 0.29) is 0 Å². The first kappa shape index (κ1) is 11.9. The molecule has 0 spiro atoms. The molecule has 0 bridgehead atoms. The first-order valence-electron chi connectivity index (χ1n) is 5.82. The third kappa shape index (κ3) is 2.58. The minimum atomic E-state index is 0.659. The summed E-state index contributed by atoms with van der Waals surface area (Å²) in [4.78, 5) is 2.40. The molecule has 3 heteroatoms. The molecule has 1 atom stereocenters. The van der Waals surface area contributed by atoms with E-state index < -0.39 is 0 Å². The molecule has 0 aliphatic heterocycles. The second kappa shape index (κ2) is 4.76. The van der Waals surface area contributed by atoms with Gasteiger partial charge >= 0.3 is 0 Å². The van der Waals surface area contributed by atoms with Crippen LogP contribution in [0.3, 0.4) is 0 Å². The van der Waals surface area contributed by atoms with Gasteiger partial charge in [0.1, 0.15) is 0 Å². The molecule has 0 radical (unpaired) electrons. The minimum Gasteiger partial charge on any atom is -0.398 e. The SMILES string of the molecule is CC(C1CC1)N(C)Cc1c(N)cccc1Br. The van der Waals surface area contributed by atoms with Gasteiger partial charge in [0.2, 0.25) is 0 Å². The van der Waals surface area contributed by atoms with Gasteiger partial charge in [-0.2, -0.15) is 0 Å². The Bertz CT molecular complexity index is 354. The van der Waals surface area contributed by atoms with E-state index in [9.17, 15) is 0 Å². The number of rotatable bonds is 4. The molecule has 2 nitrogen and oxygen atoms in total. The van der Waals surface area contributed by atoms with Crippen LogP contribution in [-0.2, 0) is 6.54 Å². The Morgan fingerprint density at radius 3 is 2.75 bits per heavy atom. The molecular formula is C13H19BrN2. The predicted molar refractivity (Wildman–Crippen MR) is 72.2 cm³/mol. The molecule has 1 aliphatic rings. The lowest BCUT2D eigenvalue weighted by Crippen LogP contribution is -2.30. The number of nitrogens with two attached hydrogens (primary N) is 1. The van der Waals surface area contributed by atoms with Crippen LogP contribution in [-0.4, -0.2) is 18.0 Å². The summed E-state index contributed by atoms with van der Waals surface area (Å²) in [7, 11) is 2.18. The van der Waals surface area contributed by atoms with Gasteiger partial charge in [-0.25, -0.2) is 0 Å². The van der Waals surface area contributed by atoms with Crippen molar-refractivity contribution in [3.63, 3.8) is 0 Å². The lowest BCUT2D eigenvalue weighted by Gasteiger charge is -2.25. The Morgan fingerprint density at radius 2 is 2.19 bits per heavy atom. The fourth-order valence-corrected chi connectivity index (χ4v) is 2.58. The van der Waals surface area contributed by atoms with Crippen LogP contribution in [0.15, 0.2) is 22.7 Å². The molecule has 0 amide bonds. The van der Waals surface area contributed by atoms with Crippen molar-refractivity contribution in [2.75, 3.05) is 12.8 Å². The van der Waals surface area contributed by atoms with Crippen LogP contribution in [0.2, 0.25) is 0 Å². The summed E-state index contributed by atoms with van der Waals surface area (Å²) in [5.74, 6) is 0.897. The largest absolute Gasteiger partial charge is 0.398 e. The molecule has 1 aromatic carbocycles. The van der Waals surface area contributed by atoms with Crippen LogP contribution in [0.4, 0.5) is 5.69 Å². The van der Waals surface area contributed by atoms with Crippen LogP contribution in [0.5, 0.6) is 0 Å². The molecule has 1 fully saturated rings. The molecule has 1 saturated carbocycles. The van der Waals surface area contributed by atoms with E-state index in [0.717, 1.165) is 22.6 Å². The van der Waals surface area contributed by atoms with Crippen molar-refractivity contribution in [1.29, 1.82) is 0 Å². The number of hydrogen-bond donors (Lipinski definition) is 1. The van der Waals surface area contributed by atoms with E-state index in [1.54, 1.807) is 0 Å². The van der Waals surface area contributed by atoms with Crippen molar-refractivity contribution in [2.24, 2.45) is 5.92 Å². The van der Waals surface area contributed by atoms with E-state index in [1.807, 2.05) is 12.1 Å². The van der Waals surface area contributed by atoms with E-state index in [0.29, 0.717) is 6.04 Å². The molecule has 2 N–H and O–H groups in total. The number of nitrogen functional groups attached to an aromatic ring is 1. The Hall–Kier alpha value is -0.540. The molecule has 1 unspecified atom stereocenters. The maximum Gasteiger partial charge on any atom is 0.0371 e. The van der Waals surface area contributed by atoms with Gasteiger partial charge in [-0.05, 0) is 44.9 Å². The molecule has 0 aromatic heterocycles. The van der Waals surface area contributed by atoms with Gasteiger partial charge < -0.3 is 5.73 Å². The van der Waals surface area contributed by atoms with Crippen LogP contribution in [0.1, 0.15) is 25.3 Å². The summed E-state index contributed by atoms with van der Waals surface area (Å²) in [5.41, 5.74) is 8.09. The zero-order valence-electron chi connectivity index (χ0n) is 9.91. The zero-order valence-corrected chi connectivity index (χ0v) is 11.5. The lowest BCUT2D eigenvalue weighted by molar-refractivity contribution is 0.226. The van der Waals surface area contributed by atoms with Crippen LogP contribution in [0, 0.1) is 5.92 Å². The summed E-state index contributed by atoms with van der Waals surface area (Å²) in [6.45, 7) is 3.23. The minimum absolute atomic E-state index is 0.659. The van der Waals surface area contributed by atoms with Crippen LogP contribution >= 0.6 is 15.9 Å². The Balaban J connectivity index is 2.07. The lowest BCUT2D eigenvalue weighted by atomic mass is 10.1. The third-order valence-corrected chi connectivity index (χ3v) is 4.31. The predicted octanol–water partition coefficient (Wildman–Crippen LogP) is 3.26. The van der Waals surface area contributed by atoms with Gasteiger partial charge in [-0.3, -0.25) is 4.90 Å². The number of halogens is 1. The highest BCUT2D eigenvalue weighted by molar-refractivity contribution is 9.10. The van der Waals surface area contributed by atoms with Crippen molar-refractivity contribution in [2.45, 2.75) is 32.4 Å². The fourth-order valence-electron chi connectivity index (χ4n) is 2.07. The van der Waals surface area contributed by atoms with E-state index in [1.165, 1.54) is 18.4 Å². The van der Waals surface area contributed by atoms with Gasteiger partial charge in [-0.15, -0.1) is 0 Å². The molecule has 1 aliphatic carbocycles. The van der Waals surface area contributed by atoms with Crippen molar-refractivity contribution < 1.29 is 0 Å². The molecule has 88 valence electrons. The highest BCUT2D eigenvalue weighted by Crippen LogP contribution is 2.35. The van der Waals surface area contributed by atoms with Crippen molar-refractivity contribution in [3.05, 3.63) is 28.2 Å². The topological polar surface area (TPSA) is 29.3 Å². The number of benzene rings is 1. The fraction of sp³-hybridized carbons (Fsp3) is 0.538. The number of anilines is 1. The zero-order chi connectivity index (χ0) is 11.7. The van der Waals surface area contributed by atoms with Gasteiger partial charge in [-0.1, -0.05) is 22.0 Å². The number of hydrogen-bond acceptors (Lipinski definition) is 2. The normalized spacial score (nSPS) is 17.8. The van der Waals surface area contributed by atoms with Gasteiger partial charge in [0.05, 0.1) is 0 Å². The van der Waals surface area contributed by atoms with Crippen LogP contribution < -0.4 is 5.73 Å². The highest BCUT2D eigenvalue weighted by atomic mass is 79.9.